The van der Waals surface area contributed by atoms with Crippen LogP contribution in [0, 0.1) is 0 Å². The zero-order chi connectivity index (χ0) is 23.3. The second-order valence-corrected chi connectivity index (χ2v) is 21.8. The Bertz CT molecular complexity index is 384. The van der Waals surface area contributed by atoms with E-state index in [0.29, 0.717) is 5.78 Å². The van der Waals surface area contributed by atoms with Crippen LogP contribution in [0.25, 0.3) is 0 Å². The molecule has 0 bridgehead atoms. The monoisotopic (exact) mass is 601 g/mol. The topological polar surface area (TPSA) is 27.6 Å². The van der Waals surface area contributed by atoms with Gasteiger partial charge in [0.1, 0.15) is 0 Å². The van der Waals surface area contributed by atoms with Crippen LogP contribution in [0.15, 0.2) is 0 Å². The number of hydrogen-bond acceptors (Lipinski definition) is 0. The predicted molar refractivity (Wildman–Crippen MR) is 152 cm³/mol. The van der Waals surface area contributed by atoms with Crippen molar-refractivity contribution in [1.29, 1.82) is 0 Å². The molecule has 0 aliphatic rings. The molecule has 0 heterocycles. The molecule has 0 spiro atoms. The van der Waals surface area contributed by atoms with Gasteiger partial charge in [-0.25, -0.2) is 0 Å². The van der Waals surface area contributed by atoms with Crippen LogP contribution in [0.4, 0.5) is 0 Å². The normalized spacial score (nSPS) is 14.0. The summed E-state index contributed by atoms with van der Waals surface area (Å²) in [7, 11) is 0. The minimum atomic E-state index is -1.86. The second-order valence-electron chi connectivity index (χ2n) is 10.6. The van der Waals surface area contributed by atoms with E-state index >= 15 is 0 Å². The van der Waals surface area contributed by atoms with E-state index in [1.54, 1.807) is 0 Å². The van der Waals surface area contributed by atoms with Gasteiger partial charge < -0.3 is 17.0 Å². The van der Waals surface area contributed by atoms with Crippen molar-refractivity contribution in [3.05, 3.63) is 0 Å². The molecule has 3 N–H and O–H groups in total. The predicted octanol–water partition coefficient (Wildman–Crippen LogP) is 7.30. The molecular formula is C28H62Br2NP. The number of unbranched alkanes of at least 4 members (excludes halogenated alkanes) is 15. The van der Waals surface area contributed by atoms with E-state index in [1.807, 2.05) is 0 Å². The van der Waals surface area contributed by atoms with Gasteiger partial charge >= 0.3 is 181 Å². The largest absolute Gasteiger partial charge is 1.00 e. The van der Waals surface area contributed by atoms with Gasteiger partial charge in [-0.15, -0.1) is 0 Å². The average molecular weight is 604 g/mol. The van der Waals surface area contributed by atoms with Crippen molar-refractivity contribution < 1.29 is 22.7 Å². The molecule has 0 radical (unpaired) electrons. The molecule has 0 aliphatic carbocycles. The van der Waals surface area contributed by atoms with Crippen molar-refractivity contribution >= 4 is 20.8 Å². The average Bonchev–Trinajstić information content (AvgIpc) is 2.77. The number of halogens is 2. The molecule has 32 heavy (non-hydrogen) atoms. The van der Waals surface area contributed by atoms with Gasteiger partial charge in [-0.05, 0) is 0 Å². The van der Waals surface area contributed by atoms with Crippen LogP contribution in [0.5, 0.6) is 0 Å². The first-order chi connectivity index (χ1) is 15.0. The maximum atomic E-state index is 4.77. The first-order valence-corrected chi connectivity index (χ1v) is 19.4. The zero-order valence-corrected chi connectivity index (χ0v) is 26.8. The molecule has 0 saturated heterocycles. The van der Waals surface area contributed by atoms with Gasteiger partial charge in [-0.1, -0.05) is 26.2 Å². The van der Waals surface area contributed by atoms with E-state index < -0.39 is 5.31 Å². The van der Waals surface area contributed by atoms with Crippen molar-refractivity contribution in [2.45, 2.75) is 162 Å². The van der Waals surface area contributed by atoms with Gasteiger partial charge in [-0.3, -0.25) is 0 Å². The SMILES string of the molecule is CCCCCCCCCCCCCCCCP(Br)(CCCC)(CCCC)C([NH3+])CCC.[Br-]. The summed E-state index contributed by atoms with van der Waals surface area (Å²) in [5.74, 6) is 0.663. The summed E-state index contributed by atoms with van der Waals surface area (Å²) in [4.78, 5) is 0. The fraction of sp³-hybridized carbons (Fsp3) is 1.00. The Balaban J connectivity index is 0. The first-order valence-electron chi connectivity index (χ1n) is 14.5. The van der Waals surface area contributed by atoms with Crippen LogP contribution in [0.2, 0.25) is 0 Å². The molecule has 198 valence electrons. The molecular weight excluding hydrogens is 541 g/mol. The van der Waals surface area contributed by atoms with E-state index in [-0.39, 0.29) is 17.0 Å². The third kappa shape index (κ3) is 16.1. The Morgan fingerprint density at radius 2 is 0.812 bits per heavy atom. The molecule has 0 rings (SSSR count). The van der Waals surface area contributed by atoms with Gasteiger partial charge in [0.05, 0.1) is 0 Å². The standard InChI is InChI=1S/C28H61BrNP.BrH/c1-5-9-12-13-14-15-16-17-18-19-20-21-22-23-27-31(29,25-10-6-2,26-11-7-3)28(30)24-8-4;/h28H,5-27,30H2,1-4H3;1H. The summed E-state index contributed by atoms with van der Waals surface area (Å²) in [6.45, 7) is 9.37. The fourth-order valence-corrected chi connectivity index (χ4v) is 13.9. The zero-order valence-electron chi connectivity index (χ0n) is 22.8. The fourth-order valence-electron chi connectivity index (χ4n) is 5.29. The minimum Gasteiger partial charge on any atom is -1.00 e. The van der Waals surface area contributed by atoms with Gasteiger partial charge in [0.2, 0.25) is 0 Å². The Morgan fingerprint density at radius 1 is 0.500 bits per heavy atom. The van der Waals surface area contributed by atoms with Gasteiger partial charge in [0.25, 0.3) is 0 Å². The second kappa shape index (κ2) is 22.8. The Labute approximate surface area is 223 Å². The van der Waals surface area contributed by atoms with Gasteiger partial charge in [0.15, 0.2) is 0 Å². The smallest absolute Gasteiger partial charge is 1.00 e. The van der Waals surface area contributed by atoms with Crippen LogP contribution in [0.1, 0.15) is 156 Å². The summed E-state index contributed by atoms with van der Waals surface area (Å²) in [6, 6.07) is 0. The van der Waals surface area contributed by atoms with Crippen LogP contribution in [-0.4, -0.2) is 24.3 Å². The molecule has 4 heteroatoms. The number of quaternary nitrogens is 1. The molecule has 0 fully saturated rings. The molecule has 0 aliphatic heterocycles. The Hall–Kier alpha value is 1.35. The van der Waals surface area contributed by atoms with Crippen molar-refractivity contribution in [2.24, 2.45) is 0 Å². The quantitative estimate of drug-likeness (QED) is 0.0886. The summed E-state index contributed by atoms with van der Waals surface area (Å²) in [5.41, 5.74) is 4.77. The van der Waals surface area contributed by atoms with E-state index in [0.717, 1.165) is 0 Å². The molecule has 0 aromatic heterocycles. The summed E-state index contributed by atoms with van der Waals surface area (Å²) >= 11 is 4.57. The Morgan fingerprint density at radius 3 is 1.16 bits per heavy atom. The van der Waals surface area contributed by atoms with E-state index in [4.69, 9.17) is 5.73 Å². The summed E-state index contributed by atoms with van der Waals surface area (Å²) in [5, 5.41) is -1.86. The Kier molecular flexibility index (Phi) is 25.3. The number of rotatable bonds is 24. The van der Waals surface area contributed by atoms with E-state index in [2.05, 4.69) is 43.2 Å². The summed E-state index contributed by atoms with van der Waals surface area (Å²) in [6.07, 6.45) is 32.7. The van der Waals surface area contributed by atoms with E-state index in [1.165, 1.54) is 147 Å². The van der Waals surface area contributed by atoms with Crippen molar-refractivity contribution in [3.8, 4) is 0 Å². The van der Waals surface area contributed by atoms with Gasteiger partial charge in [0, 0.05) is 0 Å². The molecule has 0 saturated carbocycles. The molecule has 1 atom stereocenters. The van der Waals surface area contributed by atoms with Crippen molar-refractivity contribution in [1.82, 2.24) is 0 Å². The van der Waals surface area contributed by atoms with Crippen molar-refractivity contribution in [2.75, 3.05) is 18.5 Å². The maximum Gasteiger partial charge on any atom is -1.00 e. The number of hydrogen-bond donors (Lipinski definition) is 1. The van der Waals surface area contributed by atoms with Crippen molar-refractivity contribution in [3.63, 3.8) is 0 Å². The maximum absolute atomic E-state index is 4.77. The molecule has 0 aromatic rings. The molecule has 1 nitrogen and oxygen atoms in total. The van der Waals surface area contributed by atoms with Crippen LogP contribution in [-0.2, 0) is 0 Å². The molecule has 0 amide bonds. The van der Waals surface area contributed by atoms with Crippen LogP contribution < -0.4 is 22.7 Å². The molecule has 1 unspecified atom stereocenters. The van der Waals surface area contributed by atoms with Gasteiger partial charge in [-0.2, -0.15) is 0 Å². The first kappa shape index (κ1) is 35.5. The van der Waals surface area contributed by atoms with Crippen LogP contribution >= 0.6 is 20.8 Å². The third-order valence-corrected chi connectivity index (χ3v) is 18.8. The minimum absolute atomic E-state index is 0. The summed E-state index contributed by atoms with van der Waals surface area (Å²) < 4.78 is 0. The van der Waals surface area contributed by atoms with Crippen LogP contribution in [0.3, 0.4) is 0 Å². The third-order valence-electron chi connectivity index (χ3n) is 7.66. The molecule has 0 aromatic carbocycles. The van der Waals surface area contributed by atoms with E-state index in [9.17, 15) is 0 Å².